The van der Waals surface area contributed by atoms with Crippen LogP contribution in [0.25, 0.3) is 0 Å². The highest BCUT2D eigenvalue weighted by atomic mass is 16.3. The van der Waals surface area contributed by atoms with E-state index in [1.807, 2.05) is 6.92 Å². The number of urea groups is 1. The van der Waals surface area contributed by atoms with Gasteiger partial charge in [0.05, 0.1) is 12.1 Å². The average molecular weight is 328 g/mol. The zero-order valence-electron chi connectivity index (χ0n) is 13.0. The second-order valence-corrected chi connectivity index (χ2v) is 5.35. The molecule has 0 fully saturated rings. The molecule has 0 saturated carbocycles. The van der Waals surface area contributed by atoms with Gasteiger partial charge in [0.25, 0.3) is 0 Å². The zero-order valence-corrected chi connectivity index (χ0v) is 13.0. The zero-order chi connectivity index (χ0) is 17.4. The Hall–Kier alpha value is -2.13. The highest BCUT2D eigenvalue weighted by molar-refractivity contribution is 5.94. The fourth-order valence-corrected chi connectivity index (χ4v) is 2.12. The molecule has 1 rings (SSSR count). The molecule has 0 heterocycles. The van der Waals surface area contributed by atoms with E-state index >= 15 is 0 Å². The van der Waals surface area contributed by atoms with Crippen molar-refractivity contribution in [2.75, 3.05) is 13.1 Å². The molecule has 3 atom stereocenters. The van der Waals surface area contributed by atoms with E-state index in [-0.39, 0.29) is 25.0 Å². The molecule has 1 aliphatic carbocycles. The van der Waals surface area contributed by atoms with Crippen molar-refractivity contribution in [2.45, 2.75) is 44.4 Å². The maximum absolute atomic E-state index is 12.0. The first kappa shape index (κ1) is 18.9. The summed E-state index contributed by atoms with van der Waals surface area (Å²) in [7, 11) is 0. The number of hydrogen-bond donors (Lipinski definition) is 6. The van der Waals surface area contributed by atoms with Crippen LogP contribution in [0.15, 0.2) is 11.6 Å². The van der Waals surface area contributed by atoms with Crippen molar-refractivity contribution >= 4 is 17.8 Å². The Kier molecular flexibility index (Phi) is 7.49. The van der Waals surface area contributed by atoms with E-state index in [1.54, 1.807) is 0 Å². The predicted octanol–water partition coefficient (Wildman–Crippen LogP) is -1.89. The van der Waals surface area contributed by atoms with Gasteiger partial charge in [0.2, 0.25) is 11.8 Å². The summed E-state index contributed by atoms with van der Waals surface area (Å²) in [6.07, 6.45) is -0.253. The summed E-state index contributed by atoms with van der Waals surface area (Å²) >= 11 is 0. The number of primary amides is 1. The minimum atomic E-state index is -1.20. The summed E-state index contributed by atoms with van der Waals surface area (Å²) < 4.78 is 0. The van der Waals surface area contributed by atoms with Crippen molar-refractivity contribution in [3.63, 3.8) is 0 Å². The summed E-state index contributed by atoms with van der Waals surface area (Å²) in [6.45, 7) is 2.45. The maximum atomic E-state index is 12.0. The van der Waals surface area contributed by atoms with Gasteiger partial charge >= 0.3 is 6.03 Å². The van der Waals surface area contributed by atoms with Crippen molar-refractivity contribution in [3.8, 4) is 0 Å². The second kappa shape index (κ2) is 9.11. The number of nitrogens with two attached hydrogens (primary N) is 1. The first-order valence-corrected chi connectivity index (χ1v) is 7.52. The Morgan fingerprint density at radius 2 is 1.96 bits per heavy atom. The van der Waals surface area contributed by atoms with E-state index in [2.05, 4.69) is 16.0 Å². The lowest BCUT2D eigenvalue weighted by Gasteiger charge is -2.31. The first-order chi connectivity index (χ1) is 10.8. The fourth-order valence-electron chi connectivity index (χ4n) is 2.12. The topological polar surface area (TPSA) is 154 Å². The van der Waals surface area contributed by atoms with Crippen LogP contribution in [0.3, 0.4) is 0 Å². The third-order valence-electron chi connectivity index (χ3n) is 3.35. The van der Waals surface area contributed by atoms with Crippen molar-refractivity contribution in [1.82, 2.24) is 16.0 Å². The van der Waals surface area contributed by atoms with Gasteiger partial charge in [-0.1, -0.05) is 13.0 Å². The number of aliphatic hydroxyl groups excluding tert-OH is 2. The van der Waals surface area contributed by atoms with Crippen molar-refractivity contribution in [3.05, 3.63) is 11.6 Å². The molecular weight excluding hydrogens is 304 g/mol. The lowest BCUT2D eigenvalue weighted by atomic mass is 9.90. The average Bonchev–Trinajstić information content (AvgIpc) is 2.49. The third kappa shape index (κ3) is 6.25. The molecule has 0 bridgehead atoms. The number of amides is 4. The Morgan fingerprint density at radius 3 is 2.57 bits per heavy atom. The largest absolute Gasteiger partial charge is 0.390 e. The van der Waals surface area contributed by atoms with Crippen LogP contribution in [-0.2, 0) is 9.59 Å². The Balaban J connectivity index is 2.67. The van der Waals surface area contributed by atoms with Crippen LogP contribution in [0.4, 0.5) is 4.79 Å². The lowest BCUT2D eigenvalue weighted by Crippen LogP contribution is -2.53. The van der Waals surface area contributed by atoms with Gasteiger partial charge in [-0.05, 0) is 6.42 Å². The van der Waals surface area contributed by atoms with Gasteiger partial charge in [0.1, 0.15) is 6.10 Å². The molecule has 23 heavy (non-hydrogen) atoms. The van der Waals surface area contributed by atoms with Crippen LogP contribution < -0.4 is 21.7 Å². The van der Waals surface area contributed by atoms with E-state index in [0.717, 1.165) is 6.42 Å². The van der Waals surface area contributed by atoms with E-state index in [9.17, 15) is 24.6 Å². The molecule has 0 radical (unpaired) electrons. The maximum Gasteiger partial charge on any atom is 0.315 e. The molecule has 0 saturated heterocycles. The molecule has 0 aromatic rings. The molecule has 0 aromatic carbocycles. The normalized spacial score (nSPS) is 23.6. The van der Waals surface area contributed by atoms with Gasteiger partial charge in [-0.25, -0.2) is 4.79 Å². The molecule has 7 N–H and O–H groups in total. The Bertz CT molecular complexity index is 480. The molecular formula is C14H24N4O5. The number of carbonyl (C=O) groups is 3. The molecule has 0 aromatic heterocycles. The summed E-state index contributed by atoms with van der Waals surface area (Å²) in [6, 6.07) is -1.37. The highest BCUT2D eigenvalue weighted by Gasteiger charge is 2.33. The minimum Gasteiger partial charge on any atom is -0.390 e. The van der Waals surface area contributed by atoms with Crippen LogP contribution in [-0.4, -0.2) is 59.4 Å². The number of hydrogen-bond acceptors (Lipinski definition) is 5. The van der Waals surface area contributed by atoms with Crippen LogP contribution >= 0.6 is 0 Å². The number of rotatable bonds is 7. The standard InChI is InChI=1S/C14H24N4O5/c1-2-4-17-14(23)18-9-6-8(7-10(19)12(9)21)13(22)16-5-3-11(15)20/h6,9-10,12,19,21H,2-5,7H2,1H3,(H2,15,20)(H,16,22)(H2,17,18,23). The summed E-state index contributed by atoms with van der Waals surface area (Å²) in [5, 5.41) is 27.4. The Labute approximate surface area is 134 Å². The smallest absolute Gasteiger partial charge is 0.315 e. The lowest BCUT2D eigenvalue weighted by molar-refractivity contribution is -0.119. The van der Waals surface area contributed by atoms with Crippen molar-refractivity contribution in [2.24, 2.45) is 5.73 Å². The van der Waals surface area contributed by atoms with E-state index in [1.165, 1.54) is 6.08 Å². The number of nitrogens with one attached hydrogen (secondary N) is 3. The van der Waals surface area contributed by atoms with Crippen LogP contribution in [0, 0.1) is 0 Å². The van der Waals surface area contributed by atoms with Crippen LogP contribution in [0.5, 0.6) is 0 Å². The van der Waals surface area contributed by atoms with E-state index in [4.69, 9.17) is 5.73 Å². The quantitative estimate of drug-likeness (QED) is 0.322. The fraction of sp³-hybridized carbons (Fsp3) is 0.643. The summed E-state index contributed by atoms with van der Waals surface area (Å²) in [4.78, 5) is 34.3. The summed E-state index contributed by atoms with van der Waals surface area (Å²) in [5.41, 5.74) is 5.21. The molecule has 3 unspecified atom stereocenters. The van der Waals surface area contributed by atoms with Gasteiger partial charge in [-0.2, -0.15) is 0 Å². The van der Waals surface area contributed by atoms with Gasteiger partial charge in [0.15, 0.2) is 0 Å². The van der Waals surface area contributed by atoms with Gasteiger partial charge in [0, 0.05) is 31.5 Å². The van der Waals surface area contributed by atoms with Crippen molar-refractivity contribution in [1.29, 1.82) is 0 Å². The molecule has 9 heteroatoms. The molecule has 9 nitrogen and oxygen atoms in total. The first-order valence-electron chi connectivity index (χ1n) is 7.52. The van der Waals surface area contributed by atoms with E-state index in [0.29, 0.717) is 6.54 Å². The third-order valence-corrected chi connectivity index (χ3v) is 3.35. The molecule has 130 valence electrons. The molecule has 0 aliphatic heterocycles. The molecule has 4 amide bonds. The van der Waals surface area contributed by atoms with Crippen LogP contribution in [0.1, 0.15) is 26.2 Å². The van der Waals surface area contributed by atoms with Gasteiger partial charge in [-0.15, -0.1) is 0 Å². The minimum absolute atomic E-state index is 0.00526. The summed E-state index contributed by atoms with van der Waals surface area (Å²) in [5.74, 6) is -1.01. The molecule has 1 aliphatic rings. The molecule has 0 spiro atoms. The van der Waals surface area contributed by atoms with Crippen molar-refractivity contribution < 1.29 is 24.6 Å². The van der Waals surface area contributed by atoms with Gasteiger partial charge in [-0.3, -0.25) is 9.59 Å². The monoisotopic (exact) mass is 328 g/mol. The van der Waals surface area contributed by atoms with Gasteiger partial charge < -0.3 is 31.9 Å². The van der Waals surface area contributed by atoms with Crippen LogP contribution in [0.2, 0.25) is 0 Å². The van der Waals surface area contributed by atoms with E-state index < -0.39 is 36.1 Å². The predicted molar refractivity (Wildman–Crippen MR) is 82.1 cm³/mol. The SMILES string of the molecule is CCCNC(=O)NC1C=C(C(=O)NCCC(N)=O)CC(O)C1O. The highest BCUT2D eigenvalue weighted by Crippen LogP contribution is 2.19. The number of aliphatic hydroxyl groups is 2. The second-order valence-electron chi connectivity index (χ2n) is 5.35. The number of carbonyl (C=O) groups excluding carboxylic acids is 3. The Morgan fingerprint density at radius 1 is 1.26 bits per heavy atom.